The van der Waals surface area contributed by atoms with Crippen LogP contribution in [0.5, 0.6) is 5.88 Å². The van der Waals surface area contributed by atoms with Crippen LogP contribution in [0.3, 0.4) is 0 Å². The average Bonchev–Trinajstić information content (AvgIpc) is 3.26. The molecule has 0 bridgehead atoms. The number of hydrogen-bond donors (Lipinski definition) is 2. The minimum absolute atomic E-state index is 0.0983. The van der Waals surface area contributed by atoms with Crippen LogP contribution in [0.15, 0.2) is 35.8 Å². The fourth-order valence-electron chi connectivity index (χ4n) is 2.86. The Morgan fingerprint density at radius 2 is 1.84 bits per heavy atom. The lowest BCUT2D eigenvalue weighted by Crippen LogP contribution is -2.42. The number of halogens is 5. The van der Waals surface area contributed by atoms with E-state index in [1.165, 1.54) is 6.08 Å². The van der Waals surface area contributed by atoms with Crippen LogP contribution >= 0.6 is 0 Å². The molecule has 2 heterocycles. The Bertz CT molecular complexity index is 1110. The summed E-state index contributed by atoms with van der Waals surface area (Å²) in [6, 6.07) is 0.803. The number of amides is 1. The summed E-state index contributed by atoms with van der Waals surface area (Å²) in [6.45, 7) is 11.4. The summed E-state index contributed by atoms with van der Waals surface area (Å²) in [4.78, 5) is 16.3. The molecule has 0 spiro atoms. The normalized spacial score (nSPS) is 13.7. The molecule has 0 fully saturated rings. The van der Waals surface area contributed by atoms with Gasteiger partial charge in [-0.05, 0) is 46.1 Å². The van der Waals surface area contributed by atoms with Crippen LogP contribution in [0, 0.1) is 0 Å². The number of anilines is 1. The van der Waals surface area contributed by atoms with Crippen molar-refractivity contribution in [3.63, 3.8) is 0 Å². The number of carbonyl (C=O) groups is 1. The SMILES string of the molecule is C=CCCOc1nc(-c2nnc(C(O)(CCC=C)C(F)(F)F)o2)c(NC(=O)OC(C)(C)C)cc1C(F)F. The number of allylic oxidation sites excluding steroid dienone is 1. The van der Waals surface area contributed by atoms with Gasteiger partial charge in [-0.2, -0.15) is 13.2 Å². The van der Waals surface area contributed by atoms with Gasteiger partial charge in [-0.1, -0.05) is 12.2 Å². The van der Waals surface area contributed by atoms with E-state index in [2.05, 4.69) is 33.7 Å². The molecule has 2 N–H and O–H groups in total. The Morgan fingerprint density at radius 1 is 1.19 bits per heavy atom. The quantitative estimate of drug-likeness (QED) is 0.202. The van der Waals surface area contributed by atoms with Crippen molar-refractivity contribution in [2.24, 2.45) is 0 Å². The lowest BCUT2D eigenvalue weighted by molar-refractivity contribution is -0.276. The summed E-state index contributed by atoms with van der Waals surface area (Å²) in [5.41, 5.74) is -6.15. The van der Waals surface area contributed by atoms with E-state index in [4.69, 9.17) is 13.9 Å². The van der Waals surface area contributed by atoms with Crippen molar-refractivity contribution in [3.05, 3.63) is 42.8 Å². The summed E-state index contributed by atoms with van der Waals surface area (Å²) in [7, 11) is 0. The number of nitrogens with zero attached hydrogens (tertiary/aromatic N) is 3. The number of nitrogens with one attached hydrogen (secondary N) is 1. The Morgan fingerprint density at radius 3 is 2.38 bits per heavy atom. The Kier molecular flexibility index (Phi) is 9.36. The van der Waals surface area contributed by atoms with Gasteiger partial charge in [0.05, 0.1) is 17.9 Å². The van der Waals surface area contributed by atoms with Crippen molar-refractivity contribution in [1.29, 1.82) is 0 Å². The maximum absolute atomic E-state index is 13.8. The zero-order valence-electron chi connectivity index (χ0n) is 20.4. The van der Waals surface area contributed by atoms with Crippen molar-refractivity contribution < 1.29 is 45.7 Å². The first-order valence-corrected chi connectivity index (χ1v) is 10.9. The van der Waals surface area contributed by atoms with E-state index in [1.54, 1.807) is 20.8 Å². The van der Waals surface area contributed by atoms with Gasteiger partial charge >= 0.3 is 12.3 Å². The molecule has 2 aromatic heterocycles. The summed E-state index contributed by atoms with van der Waals surface area (Å²) in [6.07, 6.45) is -7.62. The topological polar surface area (TPSA) is 120 Å². The number of alkyl halides is 5. The Labute approximate surface area is 209 Å². The van der Waals surface area contributed by atoms with E-state index in [1.807, 2.05) is 0 Å². The van der Waals surface area contributed by atoms with Gasteiger partial charge in [-0.25, -0.2) is 18.6 Å². The summed E-state index contributed by atoms with van der Waals surface area (Å²) in [5.74, 6) is -2.51. The van der Waals surface area contributed by atoms with Gasteiger partial charge in [0.1, 0.15) is 5.60 Å². The number of rotatable bonds is 11. The fourth-order valence-corrected chi connectivity index (χ4v) is 2.86. The third kappa shape index (κ3) is 7.47. The standard InChI is InChI=1S/C23H27F5N4O5/c1-6-8-10-22(34,23(26,27)28)19-32-31-18(36-19)15-14(29-20(33)37-21(3,4)5)12-13(16(24)25)17(30-15)35-11-9-7-2/h6-7,12,16,34H,1-2,8-11H2,3-5H3,(H,29,33). The van der Waals surface area contributed by atoms with E-state index >= 15 is 0 Å². The number of hydrogen-bond acceptors (Lipinski definition) is 8. The molecular formula is C23H27F5N4O5. The molecule has 0 aliphatic carbocycles. The molecule has 1 amide bonds. The summed E-state index contributed by atoms with van der Waals surface area (Å²) >= 11 is 0. The highest BCUT2D eigenvalue weighted by Gasteiger charge is 2.58. The maximum Gasteiger partial charge on any atom is 0.426 e. The molecule has 2 rings (SSSR count). The van der Waals surface area contributed by atoms with Crippen LogP contribution in [0.2, 0.25) is 0 Å². The average molecular weight is 534 g/mol. The zero-order valence-corrected chi connectivity index (χ0v) is 20.4. The van der Waals surface area contributed by atoms with Gasteiger partial charge in [0.25, 0.3) is 18.2 Å². The van der Waals surface area contributed by atoms with Crippen LogP contribution in [0.1, 0.15) is 57.9 Å². The molecule has 0 aliphatic heterocycles. The van der Waals surface area contributed by atoms with Gasteiger partial charge < -0.3 is 19.0 Å². The second-order valence-corrected chi connectivity index (χ2v) is 8.73. The highest BCUT2D eigenvalue weighted by molar-refractivity contribution is 5.89. The second-order valence-electron chi connectivity index (χ2n) is 8.73. The molecule has 9 nitrogen and oxygen atoms in total. The van der Waals surface area contributed by atoms with Crippen molar-refractivity contribution >= 4 is 11.8 Å². The number of ether oxygens (including phenoxy) is 2. The summed E-state index contributed by atoms with van der Waals surface area (Å²) < 4.78 is 84.2. The molecule has 37 heavy (non-hydrogen) atoms. The van der Waals surface area contributed by atoms with E-state index in [9.17, 15) is 31.9 Å². The summed E-state index contributed by atoms with van der Waals surface area (Å²) in [5, 5.41) is 19.4. The van der Waals surface area contributed by atoms with Gasteiger partial charge in [0, 0.05) is 0 Å². The molecule has 0 aliphatic rings. The van der Waals surface area contributed by atoms with Crippen LogP contribution in [0.25, 0.3) is 11.6 Å². The van der Waals surface area contributed by atoms with E-state index in [0.717, 1.165) is 12.1 Å². The van der Waals surface area contributed by atoms with Crippen molar-refractivity contribution in [2.75, 3.05) is 11.9 Å². The molecule has 1 atom stereocenters. The van der Waals surface area contributed by atoms with Gasteiger partial charge in [0.2, 0.25) is 11.5 Å². The first kappa shape index (κ1) is 29.7. The smallest absolute Gasteiger partial charge is 0.426 e. The van der Waals surface area contributed by atoms with Crippen molar-refractivity contribution in [1.82, 2.24) is 15.2 Å². The number of aliphatic hydroxyl groups is 1. The van der Waals surface area contributed by atoms with Crippen LogP contribution in [-0.2, 0) is 10.3 Å². The Hall–Kier alpha value is -3.55. The molecule has 204 valence electrons. The van der Waals surface area contributed by atoms with E-state index in [-0.39, 0.29) is 19.4 Å². The second kappa shape index (κ2) is 11.7. The molecule has 0 radical (unpaired) electrons. The van der Waals surface area contributed by atoms with Crippen LogP contribution in [-0.4, -0.2) is 44.8 Å². The molecule has 0 saturated carbocycles. The Balaban J connectivity index is 2.66. The molecular weight excluding hydrogens is 507 g/mol. The van der Waals surface area contributed by atoms with Gasteiger partial charge in [-0.15, -0.1) is 23.4 Å². The fraction of sp³-hybridized carbons (Fsp3) is 0.478. The highest BCUT2D eigenvalue weighted by Crippen LogP contribution is 2.43. The molecule has 14 heteroatoms. The minimum Gasteiger partial charge on any atom is -0.477 e. The maximum atomic E-state index is 13.8. The monoisotopic (exact) mass is 534 g/mol. The van der Waals surface area contributed by atoms with Crippen LogP contribution in [0.4, 0.5) is 32.4 Å². The molecule has 1 unspecified atom stereocenters. The molecule has 0 aromatic carbocycles. The number of carbonyl (C=O) groups excluding carboxylic acids is 1. The largest absolute Gasteiger partial charge is 0.477 e. The first-order valence-electron chi connectivity index (χ1n) is 10.9. The number of pyridine rings is 1. The van der Waals surface area contributed by atoms with Crippen LogP contribution < -0.4 is 10.1 Å². The zero-order chi connectivity index (χ0) is 28.0. The molecule has 2 aromatic rings. The van der Waals surface area contributed by atoms with Crippen molar-refractivity contribution in [3.8, 4) is 17.5 Å². The third-order valence-electron chi connectivity index (χ3n) is 4.61. The van der Waals surface area contributed by atoms with E-state index < -0.39 is 70.9 Å². The predicted molar refractivity (Wildman–Crippen MR) is 122 cm³/mol. The highest BCUT2D eigenvalue weighted by atomic mass is 19.4. The van der Waals surface area contributed by atoms with Gasteiger partial charge in [0.15, 0.2) is 5.69 Å². The lowest BCUT2D eigenvalue weighted by atomic mass is 9.97. The molecule has 0 saturated heterocycles. The number of aromatic nitrogens is 3. The van der Waals surface area contributed by atoms with Gasteiger partial charge in [-0.3, -0.25) is 5.32 Å². The first-order chi connectivity index (χ1) is 17.1. The third-order valence-corrected chi connectivity index (χ3v) is 4.61. The predicted octanol–water partition coefficient (Wildman–Crippen LogP) is 6.09. The minimum atomic E-state index is -5.21. The lowest BCUT2D eigenvalue weighted by Gasteiger charge is -2.26. The van der Waals surface area contributed by atoms with Crippen molar-refractivity contribution in [2.45, 2.75) is 63.8 Å². The van der Waals surface area contributed by atoms with E-state index in [0.29, 0.717) is 0 Å².